The second-order valence-electron chi connectivity index (χ2n) is 11.5. The van der Waals surface area contributed by atoms with E-state index in [-0.39, 0.29) is 44.5 Å². The average molecular weight is 622 g/mol. The normalized spacial score (nSPS) is 23.1. The third-order valence-corrected chi connectivity index (χ3v) is 8.20. The second-order valence-corrected chi connectivity index (χ2v) is 11.5. The van der Waals surface area contributed by atoms with Crippen LogP contribution in [0.15, 0.2) is 121 Å². The van der Waals surface area contributed by atoms with Crippen LogP contribution in [-0.4, -0.2) is 54.0 Å². The van der Waals surface area contributed by atoms with Gasteiger partial charge in [0, 0.05) is 12.8 Å². The summed E-state index contributed by atoms with van der Waals surface area (Å²) < 4.78 is 32.8. The Labute approximate surface area is 269 Å². The molecule has 8 heteroatoms. The zero-order valence-corrected chi connectivity index (χ0v) is 25.7. The molecule has 2 fully saturated rings. The van der Waals surface area contributed by atoms with Gasteiger partial charge in [-0.15, -0.1) is 0 Å². The fourth-order valence-electron chi connectivity index (χ4n) is 5.85. The third-order valence-electron chi connectivity index (χ3n) is 8.20. The maximum Gasteiger partial charge on any atom is 0.231 e. The number of hydrogen-bond donors (Lipinski definition) is 0. The van der Waals surface area contributed by atoms with E-state index in [0.29, 0.717) is 13.2 Å². The highest BCUT2D eigenvalue weighted by molar-refractivity contribution is 6.02. The zero-order chi connectivity index (χ0) is 31.6. The largest absolute Gasteiger partial charge is 0.374 e. The summed E-state index contributed by atoms with van der Waals surface area (Å²) in [5, 5.41) is 0. The molecule has 46 heavy (non-hydrogen) atoms. The number of imide groups is 1. The third kappa shape index (κ3) is 8.15. The van der Waals surface area contributed by atoms with Gasteiger partial charge in [0.25, 0.3) is 0 Å². The van der Waals surface area contributed by atoms with Gasteiger partial charge >= 0.3 is 0 Å². The van der Waals surface area contributed by atoms with Crippen molar-refractivity contribution in [2.45, 2.75) is 69.9 Å². The summed E-state index contributed by atoms with van der Waals surface area (Å²) >= 11 is 0. The molecule has 6 rings (SSSR count). The molecule has 0 aromatic heterocycles. The summed E-state index contributed by atoms with van der Waals surface area (Å²) in [5.41, 5.74) is 3.92. The molecule has 0 radical (unpaired) electrons. The fraction of sp³-hybridized carbons (Fsp3) is 0.316. The van der Waals surface area contributed by atoms with Crippen molar-refractivity contribution in [2.75, 3.05) is 6.61 Å². The predicted molar refractivity (Wildman–Crippen MR) is 171 cm³/mol. The molecule has 2 amide bonds. The Morgan fingerprint density at radius 3 is 1.37 bits per heavy atom. The Hall–Kier alpha value is -4.18. The number of rotatable bonds is 14. The Kier molecular flexibility index (Phi) is 11.0. The molecule has 0 saturated carbocycles. The summed E-state index contributed by atoms with van der Waals surface area (Å²) in [6, 6.07) is 39.4. The number of likely N-dealkylation sites (tertiary alicyclic amines) is 1. The van der Waals surface area contributed by atoms with Gasteiger partial charge < -0.3 is 23.7 Å². The molecule has 238 valence electrons. The monoisotopic (exact) mass is 621 g/mol. The molecule has 0 spiro atoms. The molecule has 2 aliphatic heterocycles. The van der Waals surface area contributed by atoms with Crippen LogP contribution in [0, 0.1) is 0 Å². The van der Waals surface area contributed by atoms with Gasteiger partial charge in [0.1, 0.15) is 24.4 Å². The van der Waals surface area contributed by atoms with Crippen LogP contribution in [0.4, 0.5) is 0 Å². The highest BCUT2D eigenvalue weighted by atomic mass is 16.6. The van der Waals surface area contributed by atoms with Gasteiger partial charge in [-0.05, 0) is 22.3 Å². The number of hydrogen-bond acceptors (Lipinski definition) is 7. The predicted octanol–water partition coefficient (Wildman–Crippen LogP) is 5.83. The molecule has 0 bridgehead atoms. The van der Waals surface area contributed by atoms with Crippen LogP contribution in [0.3, 0.4) is 0 Å². The molecule has 5 atom stereocenters. The van der Waals surface area contributed by atoms with Gasteiger partial charge in [-0.1, -0.05) is 121 Å². The minimum atomic E-state index is -1.02. The quantitative estimate of drug-likeness (QED) is 0.164. The van der Waals surface area contributed by atoms with Crippen LogP contribution in [0.25, 0.3) is 0 Å². The van der Waals surface area contributed by atoms with Gasteiger partial charge in [0.2, 0.25) is 11.8 Å². The lowest BCUT2D eigenvalue weighted by Gasteiger charge is -2.48. The second kappa shape index (κ2) is 15.9. The molecule has 4 aromatic rings. The number of nitrogens with zero attached hydrogens (tertiary/aromatic N) is 1. The van der Waals surface area contributed by atoms with Gasteiger partial charge in [-0.3, -0.25) is 14.5 Å². The maximum absolute atomic E-state index is 13.2. The fourth-order valence-corrected chi connectivity index (χ4v) is 5.85. The molecule has 2 aliphatic rings. The average Bonchev–Trinajstić information content (AvgIpc) is 3.44. The summed E-state index contributed by atoms with van der Waals surface area (Å²) in [4.78, 5) is 27.5. The van der Waals surface area contributed by atoms with E-state index < -0.39 is 30.6 Å². The lowest BCUT2D eigenvalue weighted by molar-refractivity contribution is -0.293. The molecule has 0 N–H and O–H groups in total. The van der Waals surface area contributed by atoms with E-state index in [2.05, 4.69) is 0 Å². The Bertz CT molecular complexity index is 1500. The van der Waals surface area contributed by atoms with E-state index in [1.54, 1.807) is 0 Å². The van der Waals surface area contributed by atoms with E-state index >= 15 is 0 Å². The number of ether oxygens (including phenoxy) is 5. The van der Waals surface area contributed by atoms with Gasteiger partial charge in [-0.2, -0.15) is 0 Å². The van der Waals surface area contributed by atoms with E-state index in [0.717, 1.165) is 22.3 Å². The maximum atomic E-state index is 13.2. The molecular weight excluding hydrogens is 582 g/mol. The van der Waals surface area contributed by atoms with Crippen molar-refractivity contribution < 1.29 is 33.3 Å². The molecule has 1 unspecified atom stereocenters. The van der Waals surface area contributed by atoms with Crippen molar-refractivity contribution in [2.24, 2.45) is 0 Å². The summed E-state index contributed by atoms with van der Waals surface area (Å²) in [5.74, 6) is -0.588. The zero-order valence-electron chi connectivity index (χ0n) is 25.7. The van der Waals surface area contributed by atoms with Crippen LogP contribution in [0.1, 0.15) is 35.1 Å². The van der Waals surface area contributed by atoms with Crippen molar-refractivity contribution in [1.82, 2.24) is 4.90 Å². The van der Waals surface area contributed by atoms with E-state index in [9.17, 15) is 9.59 Å². The van der Waals surface area contributed by atoms with Crippen molar-refractivity contribution in [3.63, 3.8) is 0 Å². The number of carbonyl (C=O) groups excluding carboxylic acids is 2. The SMILES string of the molecule is O=C1CCC(=O)N1C1O[C@H](COCc2ccccc2)[C@@H](OCc2ccccc2)[C@H](OCc2ccccc2)[C@H]1OCc1ccccc1. The first-order valence-corrected chi connectivity index (χ1v) is 15.7. The first-order chi connectivity index (χ1) is 22.7. The Balaban J connectivity index is 1.33. The van der Waals surface area contributed by atoms with Crippen molar-refractivity contribution in [3.05, 3.63) is 144 Å². The van der Waals surface area contributed by atoms with Gasteiger partial charge in [-0.25, -0.2) is 0 Å². The minimum Gasteiger partial charge on any atom is -0.374 e. The minimum absolute atomic E-state index is 0.128. The van der Waals surface area contributed by atoms with Crippen LogP contribution in [0.2, 0.25) is 0 Å². The van der Waals surface area contributed by atoms with E-state index in [1.807, 2.05) is 121 Å². The summed E-state index contributed by atoms with van der Waals surface area (Å²) in [6.07, 6.45) is -3.63. The van der Waals surface area contributed by atoms with Crippen LogP contribution in [0.5, 0.6) is 0 Å². The summed E-state index contributed by atoms with van der Waals surface area (Å²) in [6.45, 7) is 1.31. The number of amides is 2. The molecule has 2 heterocycles. The molecule has 4 aromatic carbocycles. The van der Waals surface area contributed by atoms with Gasteiger partial charge in [0.05, 0.1) is 33.0 Å². The van der Waals surface area contributed by atoms with E-state index in [4.69, 9.17) is 23.7 Å². The van der Waals surface area contributed by atoms with Crippen LogP contribution < -0.4 is 0 Å². The molecule has 0 aliphatic carbocycles. The van der Waals surface area contributed by atoms with Crippen LogP contribution >= 0.6 is 0 Å². The summed E-state index contributed by atoms with van der Waals surface area (Å²) in [7, 11) is 0. The number of benzene rings is 4. The Morgan fingerprint density at radius 1 is 0.522 bits per heavy atom. The Morgan fingerprint density at radius 2 is 0.913 bits per heavy atom. The first-order valence-electron chi connectivity index (χ1n) is 15.7. The highest BCUT2D eigenvalue weighted by Crippen LogP contribution is 2.34. The van der Waals surface area contributed by atoms with Crippen LogP contribution in [-0.2, 0) is 59.7 Å². The molecular formula is C38H39NO7. The number of carbonyl (C=O) groups is 2. The first kappa shape index (κ1) is 31.8. The van der Waals surface area contributed by atoms with Gasteiger partial charge in [0.15, 0.2) is 6.23 Å². The lowest BCUT2D eigenvalue weighted by atomic mass is 9.96. The molecule has 8 nitrogen and oxygen atoms in total. The van der Waals surface area contributed by atoms with Crippen molar-refractivity contribution >= 4 is 11.8 Å². The highest BCUT2D eigenvalue weighted by Gasteiger charge is 2.53. The lowest BCUT2D eigenvalue weighted by Crippen LogP contribution is -2.66. The standard InChI is InChI=1S/C38H39NO7/c40-33-21-22-34(41)39(33)38-37(45-26-31-19-11-4-12-20-31)36(44-25-30-17-9-3-10-18-30)35(43-24-29-15-7-2-8-16-29)32(46-38)27-42-23-28-13-5-1-6-14-28/h1-20,32,35-38H,21-27H2/t32-,35-,36+,37-,38?/m1/s1. The topological polar surface area (TPSA) is 83.5 Å². The van der Waals surface area contributed by atoms with E-state index in [1.165, 1.54) is 4.90 Å². The van der Waals surface area contributed by atoms with Crippen molar-refractivity contribution in [3.8, 4) is 0 Å². The van der Waals surface area contributed by atoms with Crippen molar-refractivity contribution in [1.29, 1.82) is 0 Å². The smallest absolute Gasteiger partial charge is 0.231 e. The molecule has 2 saturated heterocycles.